The molecule has 4 rings (SSSR count). The van der Waals surface area contributed by atoms with E-state index in [0.717, 1.165) is 23.7 Å². The lowest BCUT2D eigenvalue weighted by molar-refractivity contribution is 0.515. The molecule has 0 atom stereocenters. The van der Waals surface area contributed by atoms with Gasteiger partial charge >= 0.3 is 0 Å². The Labute approximate surface area is 130 Å². The third-order valence-corrected chi connectivity index (χ3v) is 4.13. The van der Waals surface area contributed by atoms with Crippen molar-refractivity contribution in [2.45, 2.75) is 13.0 Å². The summed E-state index contributed by atoms with van der Waals surface area (Å²) in [6, 6.07) is 4.36. The molecule has 0 aliphatic carbocycles. The lowest BCUT2D eigenvalue weighted by Crippen LogP contribution is -2.32. The predicted molar refractivity (Wildman–Crippen MR) is 82.9 cm³/mol. The maximum atomic E-state index is 13.9. The number of hydrogen-bond donors (Lipinski definition) is 1. The van der Waals surface area contributed by atoms with Crippen molar-refractivity contribution in [1.82, 2.24) is 15.0 Å². The van der Waals surface area contributed by atoms with Gasteiger partial charge in [0.1, 0.15) is 17.7 Å². The van der Waals surface area contributed by atoms with Crippen LogP contribution >= 0.6 is 0 Å². The van der Waals surface area contributed by atoms with E-state index in [1.54, 1.807) is 12.3 Å². The summed E-state index contributed by atoms with van der Waals surface area (Å²) in [4.78, 5) is 14.5. The summed E-state index contributed by atoms with van der Waals surface area (Å²) in [5, 5.41) is 0.484. The minimum atomic E-state index is -0.954. The standard InChI is InChI=1S/C16H13F2N5/c17-11-2-1-9-15(14(11)18)21-8-22-16(9)23-6-4-13-10(7-23)12(19)3-5-20-13/h1-3,5,8H,4,6-7H2,(H2,19,20). The number of fused-ring (bicyclic) bond motifs is 2. The van der Waals surface area contributed by atoms with Gasteiger partial charge in [-0.3, -0.25) is 4.98 Å². The molecule has 0 radical (unpaired) electrons. The second kappa shape index (κ2) is 5.12. The molecule has 0 amide bonds. The lowest BCUT2D eigenvalue weighted by atomic mass is 10.0. The van der Waals surface area contributed by atoms with Gasteiger partial charge in [0.25, 0.3) is 0 Å². The third-order valence-electron chi connectivity index (χ3n) is 4.13. The molecule has 1 aromatic carbocycles. The van der Waals surface area contributed by atoms with Gasteiger partial charge in [0.05, 0.1) is 0 Å². The largest absolute Gasteiger partial charge is 0.398 e. The van der Waals surface area contributed by atoms with Gasteiger partial charge < -0.3 is 10.6 Å². The van der Waals surface area contributed by atoms with E-state index in [4.69, 9.17) is 5.73 Å². The summed E-state index contributed by atoms with van der Waals surface area (Å²) in [7, 11) is 0. The SMILES string of the molecule is Nc1ccnc2c1CN(c1ncnc3c(F)c(F)ccc13)CC2. The summed E-state index contributed by atoms with van der Waals surface area (Å²) >= 11 is 0. The molecule has 1 aliphatic heterocycles. The zero-order valence-electron chi connectivity index (χ0n) is 12.1. The number of halogens is 2. The van der Waals surface area contributed by atoms with Crippen molar-refractivity contribution in [2.24, 2.45) is 0 Å². The first-order chi connectivity index (χ1) is 11.1. The van der Waals surface area contributed by atoms with Crippen molar-refractivity contribution in [1.29, 1.82) is 0 Å². The first-order valence-electron chi connectivity index (χ1n) is 7.21. The molecule has 0 saturated heterocycles. The average molecular weight is 313 g/mol. The molecule has 0 spiro atoms. The Morgan fingerprint density at radius 3 is 2.83 bits per heavy atom. The second-order valence-corrected chi connectivity index (χ2v) is 5.45. The zero-order chi connectivity index (χ0) is 16.0. The van der Waals surface area contributed by atoms with E-state index in [0.29, 0.717) is 30.0 Å². The predicted octanol–water partition coefficient (Wildman–Crippen LogP) is 2.45. The van der Waals surface area contributed by atoms with Crippen LogP contribution in [0.2, 0.25) is 0 Å². The Morgan fingerprint density at radius 1 is 1.09 bits per heavy atom. The molecule has 116 valence electrons. The summed E-state index contributed by atoms with van der Waals surface area (Å²) < 4.78 is 27.3. The minimum Gasteiger partial charge on any atom is -0.398 e. The maximum Gasteiger partial charge on any atom is 0.185 e. The Kier molecular flexibility index (Phi) is 3.07. The molecule has 3 heterocycles. The molecule has 5 nitrogen and oxygen atoms in total. The average Bonchev–Trinajstić information content (AvgIpc) is 2.58. The molecule has 1 aliphatic rings. The van der Waals surface area contributed by atoms with Crippen LogP contribution in [0, 0.1) is 11.6 Å². The first kappa shape index (κ1) is 13.8. The van der Waals surface area contributed by atoms with Crippen molar-refractivity contribution in [3.05, 3.63) is 53.6 Å². The fourth-order valence-electron chi connectivity index (χ4n) is 2.95. The van der Waals surface area contributed by atoms with Crippen LogP contribution in [0.4, 0.5) is 20.3 Å². The topological polar surface area (TPSA) is 67.9 Å². The van der Waals surface area contributed by atoms with Crippen molar-refractivity contribution in [2.75, 3.05) is 17.2 Å². The molecule has 3 aromatic rings. The summed E-state index contributed by atoms with van der Waals surface area (Å²) in [5.74, 6) is -1.30. The molecule has 2 N–H and O–H groups in total. The number of aromatic nitrogens is 3. The molecular formula is C16H13F2N5. The molecule has 2 aromatic heterocycles. The van der Waals surface area contributed by atoms with Gasteiger partial charge in [-0.15, -0.1) is 0 Å². The smallest absolute Gasteiger partial charge is 0.185 e. The molecule has 7 heteroatoms. The van der Waals surface area contributed by atoms with E-state index in [-0.39, 0.29) is 5.52 Å². The summed E-state index contributed by atoms with van der Waals surface area (Å²) in [6.45, 7) is 1.20. The van der Waals surface area contributed by atoms with Crippen molar-refractivity contribution < 1.29 is 8.78 Å². The summed E-state index contributed by atoms with van der Waals surface area (Å²) in [5.41, 5.74) is 8.61. The highest BCUT2D eigenvalue weighted by Crippen LogP contribution is 2.30. The number of nitrogens with two attached hydrogens (primary N) is 1. The monoisotopic (exact) mass is 313 g/mol. The van der Waals surface area contributed by atoms with Crippen LogP contribution in [0.5, 0.6) is 0 Å². The molecule has 0 fully saturated rings. The highest BCUT2D eigenvalue weighted by Gasteiger charge is 2.23. The number of nitrogen functional groups attached to an aromatic ring is 1. The van der Waals surface area contributed by atoms with Crippen molar-refractivity contribution in [3.63, 3.8) is 0 Å². The van der Waals surface area contributed by atoms with E-state index in [1.807, 2.05) is 4.90 Å². The van der Waals surface area contributed by atoms with Gasteiger partial charge in [0.15, 0.2) is 11.6 Å². The van der Waals surface area contributed by atoms with E-state index >= 15 is 0 Å². The fourth-order valence-corrected chi connectivity index (χ4v) is 2.95. The van der Waals surface area contributed by atoms with Gasteiger partial charge in [-0.1, -0.05) is 0 Å². The number of benzene rings is 1. The highest BCUT2D eigenvalue weighted by molar-refractivity contribution is 5.89. The van der Waals surface area contributed by atoms with Crippen LogP contribution in [0.15, 0.2) is 30.7 Å². The van der Waals surface area contributed by atoms with Crippen molar-refractivity contribution in [3.8, 4) is 0 Å². The van der Waals surface area contributed by atoms with Crippen LogP contribution in [-0.2, 0) is 13.0 Å². The molecule has 0 unspecified atom stereocenters. The third kappa shape index (κ3) is 2.16. The van der Waals surface area contributed by atoms with Crippen LogP contribution in [0.1, 0.15) is 11.3 Å². The Morgan fingerprint density at radius 2 is 1.96 bits per heavy atom. The molecule has 23 heavy (non-hydrogen) atoms. The quantitative estimate of drug-likeness (QED) is 0.747. The van der Waals surface area contributed by atoms with Gasteiger partial charge in [-0.2, -0.15) is 0 Å². The normalized spacial score (nSPS) is 14.1. The summed E-state index contributed by atoms with van der Waals surface area (Å²) in [6.07, 6.45) is 3.67. The second-order valence-electron chi connectivity index (χ2n) is 5.45. The van der Waals surface area contributed by atoms with Crippen LogP contribution in [0.3, 0.4) is 0 Å². The van der Waals surface area contributed by atoms with E-state index < -0.39 is 11.6 Å². The first-order valence-corrected chi connectivity index (χ1v) is 7.21. The van der Waals surface area contributed by atoms with Gasteiger partial charge in [-0.25, -0.2) is 18.7 Å². The van der Waals surface area contributed by atoms with Gasteiger partial charge in [0.2, 0.25) is 0 Å². The molecular weight excluding hydrogens is 300 g/mol. The fraction of sp³-hybridized carbons (Fsp3) is 0.188. The zero-order valence-corrected chi connectivity index (χ0v) is 12.1. The lowest BCUT2D eigenvalue weighted by Gasteiger charge is -2.30. The number of hydrogen-bond acceptors (Lipinski definition) is 5. The van der Waals surface area contributed by atoms with Gasteiger partial charge in [-0.05, 0) is 18.2 Å². The number of rotatable bonds is 1. The van der Waals surface area contributed by atoms with Gasteiger partial charge in [0, 0.05) is 48.0 Å². The maximum absolute atomic E-state index is 13.9. The Balaban J connectivity index is 1.82. The Bertz CT molecular complexity index is 912. The minimum absolute atomic E-state index is 0.0139. The molecule has 0 saturated carbocycles. The number of nitrogens with zero attached hydrogens (tertiary/aromatic N) is 4. The Hall–Kier alpha value is -2.83. The van der Waals surface area contributed by atoms with E-state index in [9.17, 15) is 8.78 Å². The number of anilines is 2. The molecule has 0 bridgehead atoms. The van der Waals surface area contributed by atoms with Crippen molar-refractivity contribution >= 4 is 22.4 Å². The van der Waals surface area contributed by atoms with E-state index in [1.165, 1.54) is 12.4 Å². The van der Waals surface area contributed by atoms with Crippen LogP contribution in [0.25, 0.3) is 10.9 Å². The highest BCUT2D eigenvalue weighted by atomic mass is 19.2. The number of pyridine rings is 1. The van der Waals surface area contributed by atoms with Crippen LogP contribution in [-0.4, -0.2) is 21.5 Å². The van der Waals surface area contributed by atoms with E-state index in [2.05, 4.69) is 15.0 Å². The van der Waals surface area contributed by atoms with Crippen LogP contribution < -0.4 is 10.6 Å².